The Balaban J connectivity index is 2.22. The number of carbonyl (C=O) groups excluding carboxylic acids is 1. The standard InChI is InChI=1S/C15H17N3O4/c1-22-6-5-18(10-14(19)20)15(21)12-4-2-3-11(7-12)13-8-16-17-9-13/h2-4,7-9H,5-6,10H2,1H3,(H,16,17)(H,19,20). The zero-order chi connectivity index (χ0) is 15.9. The lowest BCUT2D eigenvalue weighted by Crippen LogP contribution is -2.38. The number of aromatic nitrogens is 2. The molecule has 22 heavy (non-hydrogen) atoms. The van der Waals surface area contributed by atoms with Gasteiger partial charge in [0.1, 0.15) is 6.54 Å². The number of carboxylic acids is 1. The number of nitrogens with one attached hydrogen (secondary N) is 1. The Morgan fingerprint density at radius 2 is 2.18 bits per heavy atom. The quantitative estimate of drug-likeness (QED) is 0.802. The maximum absolute atomic E-state index is 12.5. The number of carbonyl (C=O) groups is 2. The van der Waals surface area contributed by atoms with Crippen LogP contribution in [0.5, 0.6) is 0 Å². The van der Waals surface area contributed by atoms with Crippen molar-refractivity contribution in [2.45, 2.75) is 0 Å². The first-order valence-corrected chi connectivity index (χ1v) is 6.71. The highest BCUT2D eigenvalue weighted by Crippen LogP contribution is 2.19. The summed E-state index contributed by atoms with van der Waals surface area (Å²) in [6.45, 7) is 0.135. The van der Waals surface area contributed by atoms with Gasteiger partial charge >= 0.3 is 5.97 Å². The van der Waals surface area contributed by atoms with E-state index in [4.69, 9.17) is 9.84 Å². The molecule has 0 spiro atoms. The number of aromatic amines is 1. The Kier molecular flexibility index (Phi) is 5.26. The normalized spacial score (nSPS) is 10.4. The minimum absolute atomic E-state index is 0.220. The molecule has 0 aliphatic heterocycles. The lowest BCUT2D eigenvalue weighted by Gasteiger charge is -2.20. The smallest absolute Gasteiger partial charge is 0.323 e. The van der Waals surface area contributed by atoms with Crippen molar-refractivity contribution in [1.82, 2.24) is 15.1 Å². The Labute approximate surface area is 127 Å². The number of hydrogen-bond acceptors (Lipinski definition) is 4. The van der Waals surface area contributed by atoms with Crippen LogP contribution in [0, 0.1) is 0 Å². The summed E-state index contributed by atoms with van der Waals surface area (Å²) in [5.74, 6) is -1.40. The number of nitrogens with zero attached hydrogens (tertiary/aromatic N) is 2. The number of hydrogen-bond donors (Lipinski definition) is 2. The van der Waals surface area contributed by atoms with Gasteiger partial charge in [0.2, 0.25) is 0 Å². The second kappa shape index (κ2) is 7.37. The van der Waals surface area contributed by atoms with Gasteiger partial charge in [-0.3, -0.25) is 14.7 Å². The summed E-state index contributed by atoms with van der Waals surface area (Å²) < 4.78 is 4.92. The predicted molar refractivity (Wildman–Crippen MR) is 79.4 cm³/mol. The van der Waals surface area contributed by atoms with E-state index >= 15 is 0 Å². The monoisotopic (exact) mass is 303 g/mol. The van der Waals surface area contributed by atoms with Crippen molar-refractivity contribution >= 4 is 11.9 Å². The summed E-state index contributed by atoms with van der Waals surface area (Å²) in [5, 5.41) is 15.5. The van der Waals surface area contributed by atoms with Crippen LogP contribution in [0.25, 0.3) is 11.1 Å². The fourth-order valence-corrected chi connectivity index (χ4v) is 2.04. The van der Waals surface area contributed by atoms with Crippen molar-refractivity contribution in [2.24, 2.45) is 0 Å². The third-order valence-electron chi connectivity index (χ3n) is 3.12. The van der Waals surface area contributed by atoms with Gasteiger partial charge in [-0.15, -0.1) is 0 Å². The minimum Gasteiger partial charge on any atom is -0.480 e. The topological polar surface area (TPSA) is 95.5 Å². The van der Waals surface area contributed by atoms with Gasteiger partial charge in [0.25, 0.3) is 5.91 Å². The van der Waals surface area contributed by atoms with Crippen molar-refractivity contribution in [2.75, 3.05) is 26.8 Å². The lowest BCUT2D eigenvalue weighted by molar-refractivity contribution is -0.137. The van der Waals surface area contributed by atoms with Gasteiger partial charge in [-0.1, -0.05) is 12.1 Å². The molecule has 2 N–H and O–H groups in total. The van der Waals surface area contributed by atoms with Crippen molar-refractivity contribution < 1.29 is 19.4 Å². The van der Waals surface area contributed by atoms with Crippen LogP contribution in [-0.2, 0) is 9.53 Å². The molecule has 0 aliphatic carbocycles. The maximum atomic E-state index is 12.5. The van der Waals surface area contributed by atoms with Gasteiger partial charge < -0.3 is 14.7 Å². The van der Waals surface area contributed by atoms with Gasteiger partial charge in [-0.25, -0.2) is 0 Å². The third-order valence-corrected chi connectivity index (χ3v) is 3.12. The maximum Gasteiger partial charge on any atom is 0.323 e. The number of amides is 1. The highest BCUT2D eigenvalue weighted by molar-refractivity contribution is 5.96. The molecule has 2 aromatic rings. The highest BCUT2D eigenvalue weighted by atomic mass is 16.5. The number of aliphatic carboxylic acids is 1. The molecule has 0 fully saturated rings. The first kappa shape index (κ1) is 15.7. The number of benzene rings is 1. The predicted octanol–water partition coefficient (Wildman–Crippen LogP) is 1.25. The average Bonchev–Trinajstić information content (AvgIpc) is 3.05. The minimum atomic E-state index is -1.06. The van der Waals surface area contributed by atoms with E-state index in [1.54, 1.807) is 30.6 Å². The Hall–Kier alpha value is -2.67. The Bertz CT molecular complexity index is 640. The van der Waals surface area contributed by atoms with E-state index < -0.39 is 5.97 Å². The molecular formula is C15H17N3O4. The highest BCUT2D eigenvalue weighted by Gasteiger charge is 2.18. The molecule has 0 aliphatic rings. The van der Waals surface area contributed by atoms with Crippen LogP contribution in [0.1, 0.15) is 10.4 Å². The second-order valence-corrected chi connectivity index (χ2v) is 4.68. The molecule has 1 heterocycles. The number of H-pyrrole nitrogens is 1. The summed E-state index contributed by atoms with van der Waals surface area (Å²) in [7, 11) is 1.50. The number of methoxy groups -OCH3 is 1. The molecule has 0 unspecified atom stereocenters. The van der Waals surface area contributed by atoms with Crippen LogP contribution in [0.15, 0.2) is 36.7 Å². The summed E-state index contributed by atoms with van der Waals surface area (Å²) in [6, 6.07) is 6.99. The zero-order valence-corrected chi connectivity index (χ0v) is 12.2. The van der Waals surface area contributed by atoms with E-state index in [1.165, 1.54) is 12.0 Å². The van der Waals surface area contributed by atoms with Gasteiger partial charge in [0.05, 0.1) is 12.8 Å². The van der Waals surface area contributed by atoms with Crippen LogP contribution < -0.4 is 0 Å². The van der Waals surface area contributed by atoms with Crippen LogP contribution in [0.4, 0.5) is 0 Å². The zero-order valence-electron chi connectivity index (χ0n) is 12.2. The molecule has 0 saturated heterocycles. The molecule has 0 saturated carbocycles. The third kappa shape index (κ3) is 3.92. The number of rotatable bonds is 7. The van der Waals surface area contributed by atoms with Gasteiger partial charge in [-0.2, -0.15) is 5.10 Å². The average molecular weight is 303 g/mol. The Morgan fingerprint density at radius 3 is 2.82 bits per heavy atom. The molecule has 7 heteroatoms. The molecule has 1 aromatic heterocycles. The molecule has 0 bridgehead atoms. The molecule has 0 radical (unpaired) electrons. The first-order valence-electron chi connectivity index (χ1n) is 6.71. The van der Waals surface area contributed by atoms with Crippen LogP contribution in [0.3, 0.4) is 0 Å². The fourth-order valence-electron chi connectivity index (χ4n) is 2.04. The molecule has 7 nitrogen and oxygen atoms in total. The largest absolute Gasteiger partial charge is 0.480 e. The summed E-state index contributed by atoms with van der Waals surface area (Å²) in [4.78, 5) is 24.7. The molecule has 1 amide bonds. The summed E-state index contributed by atoms with van der Waals surface area (Å²) in [6.07, 6.45) is 3.38. The molecular weight excluding hydrogens is 286 g/mol. The summed E-state index contributed by atoms with van der Waals surface area (Å²) in [5.41, 5.74) is 2.12. The number of ether oxygens (including phenoxy) is 1. The van der Waals surface area contributed by atoms with E-state index in [2.05, 4.69) is 10.2 Å². The van der Waals surface area contributed by atoms with Gasteiger partial charge in [-0.05, 0) is 17.7 Å². The van der Waals surface area contributed by atoms with Crippen molar-refractivity contribution in [1.29, 1.82) is 0 Å². The van der Waals surface area contributed by atoms with E-state index in [0.29, 0.717) is 5.56 Å². The SMILES string of the molecule is COCCN(CC(=O)O)C(=O)c1cccc(-c2cn[nH]c2)c1. The van der Waals surface area contributed by atoms with E-state index in [1.807, 2.05) is 6.07 Å². The molecule has 1 aromatic carbocycles. The first-order chi connectivity index (χ1) is 10.6. The number of carboxylic acid groups (broad SMARTS) is 1. The molecule has 2 rings (SSSR count). The van der Waals surface area contributed by atoms with Crippen LogP contribution >= 0.6 is 0 Å². The lowest BCUT2D eigenvalue weighted by atomic mass is 10.1. The van der Waals surface area contributed by atoms with Gasteiger partial charge in [0.15, 0.2) is 0 Å². The fraction of sp³-hybridized carbons (Fsp3) is 0.267. The van der Waals surface area contributed by atoms with Crippen molar-refractivity contribution in [3.63, 3.8) is 0 Å². The van der Waals surface area contributed by atoms with E-state index in [-0.39, 0.29) is 25.6 Å². The Morgan fingerprint density at radius 1 is 1.36 bits per heavy atom. The second-order valence-electron chi connectivity index (χ2n) is 4.68. The van der Waals surface area contributed by atoms with E-state index in [9.17, 15) is 9.59 Å². The molecule has 0 atom stereocenters. The van der Waals surface area contributed by atoms with Crippen LogP contribution in [-0.4, -0.2) is 58.9 Å². The molecule has 116 valence electrons. The van der Waals surface area contributed by atoms with Gasteiger partial charge in [0, 0.05) is 31.0 Å². The van der Waals surface area contributed by atoms with Crippen LogP contribution in [0.2, 0.25) is 0 Å². The summed E-state index contributed by atoms with van der Waals surface area (Å²) >= 11 is 0. The van der Waals surface area contributed by atoms with Crippen molar-refractivity contribution in [3.8, 4) is 11.1 Å². The van der Waals surface area contributed by atoms with Crippen molar-refractivity contribution in [3.05, 3.63) is 42.2 Å². The van der Waals surface area contributed by atoms with E-state index in [0.717, 1.165) is 11.1 Å².